The van der Waals surface area contributed by atoms with E-state index in [1.807, 2.05) is 6.92 Å². The van der Waals surface area contributed by atoms with Gasteiger partial charge in [-0.15, -0.1) is 0 Å². The van der Waals surface area contributed by atoms with Crippen LogP contribution in [-0.2, 0) is 19.6 Å². The lowest BCUT2D eigenvalue weighted by molar-refractivity contribution is -0.140. The van der Waals surface area contributed by atoms with E-state index in [9.17, 15) is 13.2 Å². The monoisotopic (exact) mass is 363 g/mol. The fraction of sp³-hybridized carbons (Fsp3) is 0.462. The number of carbonyl (C=O) groups is 1. The van der Waals surface area contributed by atoms with Gasteiger partial charge in [-0.05, 0) is 40.5 Å². The van der Waals surface area contributed by atoms with Crippen LogP contribution in [0.1, 0.15) is 18.9 Å². The Bertz CT molecular complexity index is 586. The summed E-state index contributed by atoms with van der Waals surface area (Å²) < 4.78 is 31.4. The van der Waals surface area contributed by atoms with E-state index in [2.05, 4.69) is 20.7 Å². The van der Waals surface area contributed by atoms with Crippen molar-refractivity contribution in [3.63, 3.8) is 0 Å². The van der Waals surface area contributed by atoms with Crippen LogP contribution in [0.2, 0.25) is 0 Å². The summed E-state index contributed by atoms with van der Waals surface area (Å²) in [6.07, 6.45) is 0.0348. The van der Waals surface area contributed by atoms with E-state index < -0.39 is 16.0 Å². The Balaban J connectivity index is 3.02. The summed E-state index contributed by atoms with van der Waals surface area (Å²) in [5, 5.41) is 0. The first-order chi connectivity index (χ1) is 9.32. The summed E-state index contributed by atoms with van der Waals surface area (Å²) in [5.74, 6) is -0.429. The van der Waals surface area contributed by atoms with Crippen LogP contribution in [0.4, 0.5) is 0 Å². The molecule has 1 aromatic carbocycles. The molecule has 7 heteroatoms. The normalized spacial score (nSPS) is 11.7. The Hall–Kier alpha value is -0.920. The van der Waals surface area contributed by atoms with Crippen molar-refractivity contribution in [1.82, 2.24) is 4.31 Å². The molecule has 0 aliphatic heterocycles. The minimum absolute atomic E-state index is 0.0348. The van der Waals surface area contributed by atoms with Crippen molar-refractivity contribution in [2.24, 2.45) is 0 Å². The zero-order valence-electron chi connectivity index (χ0n) is 11.7. The number of halogens is 1. The fourth-order valence-corrected chi connectivity index (χ4v) is 4.32. The molecule has 0 amide bonds. The zero-order chi connectivity index (χ0) is 15.3. The van der Waals surface area contributed by atoms with Gasteiger partial charge in [0.1, 0.15) is 0 Å². The molecule has 112 valence electrons. The molecule has 0 bridgehead atoms. The molecule has 0 unspecified atom stereocenters. The van der Waals surface area contributed by atoms with Crippen LogP contribution < -0.4 is 0 Å². The smallest absolute Gasteiger partial charge is 0.306 e. The van der Waals surface area contributed by atoms with Gasteiger partial charge in [0, 0.05) is 17.6 Å². The summed E-state index contributed by atoms with van der Waals surface area (Å²) >= 11 is 3.28. The zero-order valence-corrected chi connectivity index (χ0v) is 14.1. The van der Waals surface area contributed by atoms with Crippen molar-refractivity contribution in [3.8, 4) is 0 Å². The Morgan fingerprint density at radius 3 is 2.55 bits per heavy atom. The maximum absolute atomic E-state index is 12.5. The van der Waals surface area contributed by atoms with Crippen LogP contribution in [0.5, 0.6) is 0 Å². The van der Waals surface area contributed by atoms with Gasteiger partial charge in [0.2, 0.25) is 10.0 Å². The van der Waals surface area contributed by atoms with Crippen molar-refractivity contribution in [2.45, 2.75) is 25.2 Å². The highest BCUT2D eigenvalue weighted by molar-refractivity contribution is 9.10. The second-order valence-corrected chi connectivity index (χ2v) is 7.02. The number of hydrogen-bond donors (Lipinski definition) is 0. The molecular weight excluding hydrogens is 346 g/mol. The molecular formula is C13H18BrNO4S. The number of aryl methyl sites for hydroxylation is 1. The maximum atomic E-state index is 12.5. The molecule has 0 spiro atoms. The molecule has 5 nitrogen and oxygen atoms in total. The first-order valence-corrected chi connectivity index (χ1v) is 8.39. The van der Waals surface area contributed by atoms with E-state index in [1.165, 1.54) is 11.4 Å². The molecule has 0 saturated heterocycles. The van der Waals surface area contributed by atoms with Gasteiger partial charge in [-0.1, -0.05) is 13.0 Å². The SMILES string of the molecule is CCN(CCC(=O)OC)S(=O)(=O)c1ccc(C)cc1Br. The molecule has 1 rings (SSSR count). The number of sulfonamides is 1. The number of ether oxygens (including phenoxy) is 1. The van der Waals surface area contributed by atoms with Crippen molar-refractivity contribution in [2.75, 3.05) is 20.2 Å². The van der Waals surface area contributed by atoms with Crippen molar-refractivity contribution in [3.05, 3.63) is 28.2 Å². The third-order valence-corrected chi connectivity index (χ3v) is 5.80. The number of hydrogen-bond acceptors (Lipinski definition) is 4. The quantitative estimate of drug-likeness (QED) is 0.727. The minimum Gasteiger partial charge on any atom is -0.469 e. The first-order valence-electron chi connectivity index (χ1n) is 6.16. The van der Waals surface area contributed by atoms with Gasteiger partial charge >= 0.3 is 5.97 Å². The van der Waals surface area contributed by atoms with Gasteiger partial charge in [-0.2, -0.15) is 4.31 Å². The van der Waals surface area contributed by atoms with Crippen LogP contribution in [0.15, 0.2) is 27.6 Å². The highest BCUT2D eigenvalue weighted by Gasteiger charge is 2.25. The second kappa shape index (κ2) is 7.19. The Kier molecular flexibility index (Phi) is 6.16. The van der Waals surface area contributed by atoms with Crippen molar-refractivity contribution >= 4 is 31.9 Å². The van der Waals surface area contributed by atoms with E-state index in [4.69, 9.17) is 0 Å². The molecule has 0 radical (unpaired) electrons. The number of carbonyl (C=O) groups excluding carboxylic acids is 1. The summed E-state index contributed by atoms with van der Waals surface area (Å²) in [5.41, 5.74) is 0.966. The van der Waals surface area contributed by atoms with E-state index in [-0.39, 0.29) is 17.9 Å². The van der Waals surface area contributed by atoms with E-state index in [0.717, 1.165) is 5.56 Å². The average molecular weight is 364 g/mol. The topological polar surface area (TPSA) is 63.7 Å². The maximum Gasteiger partial charge on any atom is 0.306 e. The predicted octanol–water partition coefficient (Wildman–Crippen LogP) is 2.33. The van der Waals surface area contributed by atoms with Gasteiger partial charge in [-0.25, -0.2) is 8.42 Å². The predicted molar refractivity (Wildman–Crippen MR) is 79.9 cm³/mol. The highest BCUT2D eigenvalue weighted by Crippen LogP contribution is 2.26. The van der Waals surface area contributed by atoms with Crippen LogP contribution in [0.3, 0.4) is 0 Å². The van der Waals surface area contributed by atoms with Gasteiger partial charge in [0.15, 0.2) is 0 Å². The molecule has 0 N–H and O–H groups in total. The minimum atomic E-state index is -3.62. The number of nitrogens with zero attached hydrogens (tertiary/aromatic N) is 1. The Morgan fingerprint density at radius 1 is 1.40 bits per heavy atom. The number of benzene rings is 1. The summed E-state index contributed by atoms with van der Waals surface area (Å²) in [7, 11) is -2.34. The average Bonchev–Trinajstić information content (AvgIpc) is 2.38. The fourth-order valence-electron chi connectivity index (χ4n) is 1.72. The first kappa shape index (κ1) is 17.1. The third kappa shape index (κ3) is 4.04. The largest absolute Gasteiger partial charge is 0.469 e. The Labute approximate surface area is 128 Å². The molecule has 20 heavy (non-hydrogen) atoms. The summed E-state index contributed by atoms with van der Waals surface area (Å²) in [6, 6.07) is 5.06. The van der Waals surface area contributed by atoms with E-state index in [0.29, 0.717) is 11.0 Å². The van der Waals surface area contributed by atoms with Crippen LogP contribution in [0, 0.1) is 6.92 Å². The standard InChI is InChI=1S/C13H18BrNO4S/c1-4-15(8-7-13(16)19-3)20(17,18)12-6-5-10(2)9-11(12)14/h5-6,9H,4,7-8H2,1-3H3. The third-order valence-electron chi connectivity index (χ3n) is 2.85. The lowest BCUT2D eigenvalue weighted by atomic mass is 10.2. The van der Waals surface area contributed by atoms with E-state index >= 15 is 0 Å². The van der Waals surface area contributed by atoms with Crippen LogP contribution >= 0.6 is 15.9 Å². The van der Waals surface area contributed by atoms with E-state index in [1.54, 1.807) is 25.1 Å². The lowest BCUT2D eigenvalue weighted by Crippen LogP contribution is -2.33. The van der Waals surface area contributed by atoms with Crippen LogP contribution in [0.25, 0.3) is 0 Å². The summed E-state index contributed by atoms with van der Waals surface area (Å²) in [6.45, 7) is 4.01. The number of rotatable bonds is 6. The molecule has 1 aromatic rings. The van der Waals surface area contributed by atoms with Crippen LogP contribution in [-0.4, -0.2) is 38.9 Å². The van der Waals surface area contributed by atoms with Crippen molar-refractivity contribution < 1.29 is 17.9 Å². The molecule has 0 fully saturated rings. The molecule has 0 saturated carbocycles. The second-order valence-electron chi connectivity index (χ2n) is 4.26. The molecule has 0 heterocycles. The van der Waals surface area contributed by atoms with Gasteiger partial charge in [-0.3, -0.25) is 4.79 Å². The van der Waals surface area contributed by atoms with Crippen molar-refractivity contribution in [1.29, 1.82) is 0 Å². The van der Waals surface area contributed by atoms with Gasteiger partial charge in [0.05, 0.1) is 18.4 Å². The van der Waals surface area contributed by atoms with Gasteiger partial charge < -0.3 is 4.74 Å². The van der Waals surface area contributed by atoms with Gasteiger partial charge in [0.25, 0.3) is 0 Å². The molecule has 0 aromatic heterocycles. The molecule has 0 aliphatic carbocycles. The number of esters is 1. The lowest BCUT2D eigenvalue weighted by Gasteiger charge is -2.20. The number of methoxy groups -OCH3 is 1. The summed E-state index contributed by atoms with van der Waals surface area (Å²) in [4.78, 5) is 11.4. The Morgan fingerprint density at radius 2 is 2.05 bits per heavy atom. The molecule has 0 atom stereocenters. The highest BCUT2D eigenvalue weighted by atomic mass is 79.9. The molecule has 0 aliphatic rings.